The van der Waals surface area contributed by atoms with Crippen molar-refractivity contribution in [2.75, 3.05) is 11.4 Å². The van der Waals surface area contributed by atoms with Crippen LogP contribution in [0.1, 0.15) is 10.4 Å². The van der Waals surface area contributed by atoms with Crippen molar-refractivity contribution in [1.82, 2.24) is 4.98 Å². The van der Waals surface area contributed by atoms with Gasteiger partial charge in [-0.2, -0.15) is 0 Å². The molecule has 0 radical (unpaired) electrons. The first kappa shape index (κ1) is 12.2. The molecule has 5 nitrogen and oxygen atoms in total. The van der Waals surface area contributed by atoms with E-state index in [1.165, 1.54) is 0 Å². The number of para-hydroxylation sites is 1. The van der Waals surface area contributed by atoms with Gasteiger partial charge in [0.2, 0.25) is 0 Å². The second-order valence-corrected chi connectivity index (χ2v) is 5.20. The van der Waals surface area contributed by atoms with Crippen LogP contribution in [0.25, 0.3) is 0 Å². The van der Waals surface area contributed by atoms with E-state index >= 15 is 0 Å². The fraction of sp³-hybridized carbons (Fsp3) is 0.188. The van der Waals surface area contributed by atoms with E-state index < -0.39 is 12.0 Å². The van der Waals surface area contributed by atoms with Crippen LogP contribution in [0.15, 0.2) is 53.7 Å². The topological polar surface area (TPSA) is 65.8 Å². The SMILES string of the molecule is O=C1c2cccnc2N=C2C1[C@H](O)CN2c1ccccc1. The van der Waals surface area contributed by atoms with Gasteiger partial charge < -0.3 is 10.0 Å². The van der Waals surface area contributed by atoms with Crippen molar-refractivity contribution < 1.29 is 9.90 Å². The number of anilines is 1. The number of benzene rings is 1. The van der Waals surface area contributed by atoms with Gasteiger partial charge in [-0.15, -0.1) is 0 Å². The minimum absolute atomic E-state index is 0.103. The minimum atomic E-state index is -0.746. The Morgan fingerprint density at radius 3 is 2.76 bits per heavy atom. The molecule has 104 valence electrons. The summed E-state index contributed by atoms with van der Waals surface area (Å²) in [5, 5.41) is 10.3. The highest BCUT2D eigenvalue weighted by atomic mass is 16.3. The summed E-state index contributed by atoms with van der Waals surface area (Å²) < 4.78 is 0. The average molecular weight is 279 g/mol. The molecular formula is C16H13N3O2. The van der Waals surface area contributed by atoms with Crippen molar-refractivity contribution in [2.24, 2.45) is 10.9 Å². The molecular weight excluding hydrogens is 266 g/mol. The molecule has 1 aromatic heterocycles. The van der Waals surface area contributed by atoms with Gasteiger partial charge in [0, 0.05) is 11.9 Å². The summed E-state index contributed by atoms with van der Waals surface area (Å²) in [6.07, 6.45) is 0.874. The zero-order valence-electron chi connectivity index (χ0n) is 11.2. The largest absolute Gasteiger partial charge is 0.390 e. The van der Waals surface area contributed by atoms with Crippen molar-refractivity contribution >= 4 is 23.1 Å². The van der Waals surface area contributed by atoms with Crippen molar-refractivity contribution in [3.63, 3.8) is 0 Å². The normalized spacial score (nSPS) is 23.6. The molecule has 0 saturated carbocycles. The highest BCUT2D eigenvalue weighted by Crippen LogP contribution is 2.35. The Morgan fingerprint density at radius 2 is 1.95 bits per heavy atom. The number of ketones is 1. The molecule has 2 atom stereocenters. The Kier molecular flexibility index (Phi) is 2.62. The lowest BCUT2D eigenvalue weighted by Crippen LogP contribution is -2.34. The predicted octanol–water partition coefficient (Wildman–Crippen LogP) is 1.81. The number of hydrogen-bond acceptors (Lipinski definition) is 5. The van der Waals surface area contributed by atoms with Crippen molar-refractivity contribution in [2.45, 2.75) is 6.10 Å². The summed E-state index contributed by atoms with van der Waals surface area (Å²) in [7, 11) is 0. The van der Waals surface area contributed by atoms with E-state index in [4.69, 9.17) is 0 Å². The van der Waals surface area contributed by atoms with Crippen LogP contribution in [0.2, 0.25) is 0 Å². The summed E-state index contributed by atoms with van der Waals surface area (Å²) in [6.45, 7) is 0.368. The fourth-order valence-corrected chi connectivity index (χ4v) is 2.95. The summed E-state index contributed by atoms with van der Waals surface area (Å²) in [5.74, 6) is 0.324. The third kappa shape index (κ3) is 1.78. The number of aliphatic hydroxyl groups is 1. The van der Waals surface area contributed by atoms with Gasteiger partial charge in [0.15, 0.2) is 11.6 Å². The number of fused-ring (bicyclic) bond motifs is 2. The van der Waals surface area contributed by atoms with Crippen LogP contribution in [0.4, 0.5) is 11.5 Å². The molecule has 1 aromatic carbocycles. The maximum atomic E-state index is 12.6. The van der Waals surface area contributed by atoms with E-state index in [0.717, 1.165) is 5.69 Å². The number of aliphatic imine (C=N–C) groups is 1. The second kappa shape index (κ2) is 4.49. The molecule has 0 bridgehead atoms. The Hall–Kier alpha value is -2.53. The molecule has 0 amide bonds. The molecule has 1 N–H and O–H groups in total. The third-order valence-electron chi connectivity index (χ3n) is 3.93. The highest BCUT2D eigenvalue weighted by molar-refractivity contribution is 6.22. The number of aromatic nitrogens is 1. The lowest BCUT2D eigenvalue weighted by Gasteiger charge is -2.23. The molecule has 5 heteroatoms. The average Bonchev–Trinajstić information content (AvgIpc) is 2.86. The van der Waals surface area contributed by atoms with Gasteiger partial charge in [0.05, 0.1) is 18.2 Å². The minimum Gasteiger partial charge on any atom is -0.390 e. The zero-order chi connectivity index (χ0) is 14.4. The van der Waals surface area contributed by atoms with Crippen molar-refractivity contribution in [3.8, 4) is 0 Å². The van der Waals surface area contributed by atoms with E-state index in [2.05, 4.69) is 9.98 Å². The van der Waals surface area contributed by atoms with Crippen LogP contribution < -0.4 is 4.90 Å². The molecule has 1 fully saturated rings. The molecule has 21 heavy (non-hydrogen) atoms. The standard InChI is InChI=1S/C16H13N3O2/c20-12-9-19(10-5-2-1-3-6-10)16-13(12)14(21)11-7-4-8-17-15(11)18-16/h1-8,12-13,20H,9H2/t12-,13?/m1/s1. The molecule has 2 aromatic rings. The van der Waals surface area contributed by atoms with Gasteiger partial charge in [-0.1, -0.05) is 18.2 Å². The summed E-state index contributed by atoms with van der Waals surface area (Å²) in [4.78, 5) is 23.2. The first-order valence-electron chi connectivity index (χ1n) is 6.84. The number of rotatable bonds is 1. The molecule has 2 aliphatic heterocycles. The summed E-state index contributed by atoms with van der Waals surface area (Å²) >= 11 is 0. The number of β-amino-alcohol motifs (C(OH)–C–C–N with tert-alkyl or cyclic N) is 1. The Balaban J connectivity index is 1.86. The predicted molar refractivity (Wildman–Crippen MR) is 78.9 cm³/mol. The molecule has 0 aliphatic carbocycles. The van der Waals surface area contributed by atoms with Gasteiger partial charge >= 0.3 is 0 Å². The highest BCUT2D eigenvalue weighted by Gasteiger charge is 2.46. The van der Waals surface area contributed by atoms with E-state index in [1.54, 1.807) is 18.3 Å². The van der Waals surface area contributed by atoms with Crippen LogP contribution in [0, 0.1) is 5.92 Å². The summed E-state index contributed by atoms with van der Waals surface area (Å²) in [6, 6.07) is 13.1. The number of carbonyl (C=O) groups is 1. The van der Waals surface area contributed by atoms with Gasteiger partial charge in [-0.3, -0.25) is 4.79 Å². The molecule has 2 aliphatic rings. The molecule has 0 spiro atoms. The van der Waals surface area contributed by atoms with Crippen LogP contribution >= 0.6 is 0 Å². The smallest absolute Gasteiger partial charge is 0.179 e. The van der Waals surface area contributed by atoms with Crippen LogP contribution in [-0.4, -0.2) is 34.4 Å². The maximum Gasteiger partial charge on any atom is 0.179 e. The van der Waals surface area contributed by atoms with E-state index in [9.17, 15) is 9.90 Å². The Morgan fingerprint density at radius 1 is 1.14 bits per heavy atom. The number of pyridine rings is 1. The molecule has 1 saturated heterocycles. The maximum absolute atomic E-state index is 12.6. The number of nitrogens with zero attached hydrogens (tertiary/aromatic N) is 3. The fourth-order valence-electron chi connectivity index (χ4n) is 2.95. The quantitative estimate of drug-likeness (QED) is 0.864. The molecule has 4 rings (SSSR count). The number of hydrogen-bond donors (Lipinski definition) is 1. The second-order valence-electron chi connectivity index (χ2n) is 5.20. The summed E-state index contributed by atoms with van der Waals surface area (Å²) in [5.41, 5.74) is 1.41. The van der Waals surface area contributed by atoms with Crippen LogP contribution in [-0.2, 0) is 0 Å². The van der Waals surface area contributed by atoms with E-state index in [0.29, 0.717) is 23.8 Å². The monoisotopic (exact) mass is 279 g/mol. The number of amidine groups is 1. The van der Waals surface area contributed by atoms with Gasteiger partial charge in [-0.25, -0.2) is 9.98 Å². The van der Waals surface area contributed by atoms with Gasteiger partial charge in [0.1, 0.15) is 11.8 Å². The molecule has 1 unspecified atom stereocenters. The third-order valence-corrected chi connectivity index (χ3v) is 3.93. The Bertz CT molecular complexity index is 742. The first-order valence-corrected chi connectivity index (χ1v) is 6.84. The zero-order valence-corrected chi connectivity index (χ0v) is 11.2. The van der Waals surface area contributed by atoms with Crippen LogP contribution in [0.5, 0.6) is 0 Å². The van der Waals surface area contributed by atoms with E-state index in [1.807, 2.05) is 35.2 Å². The number of aliphatic hydroxyl groups excluding tert-OH is 1. The van der Waals surface area contributed by atoms with E-state index in [-0.39, 0.29) is 5.78 Å². The molecule has 3 heterocycles. The lowest BCUT2D eigenvalue weighted by atomic mass is 9.92. The van der Waals surface area contributed by atoms with Gasteiger partial charge in [-0.05, 0) is 24.3 Å². The van der Waals surface area contributed by atoms with Crippen molar-refractivity contribution in [1.29, 1.82) is 0 Å². The Labute approximate surface area is 121 Å². The number of Topliss-reactive ketones (excluding diaryl/α,β-unsaturated/α-hetero) is 1. The first-order chi connectivity index (χ1) is 10.3. The number of carbonyl (C=O) groups excluding carboxylic acids is 1. The lowest BCUT2D eigenvalue weighted by molar-refractivity contribution is 0.0838. The van der Waals surface area contributed by atoms with Crippen LogP contribution in [0.3, 0.4) is 0 Å². The van der Waals surface area contributed by atoms with Crippen molar-refractivity contribution in [3.05, 3.63) is 54.2 Å². The van der Waals surface area contributed by atoms with Gasteiger partial charge in [0.25, 0.3) is 0 Å².